The molecule has 0 aliphatic rings. The predicted octanol–water partition coefficient (Wildman–Crippen LogP) is 0.0533. The van der Waals surface area contributed by atoms with Crippen molar-refractivity contribution in [3.63, 3.8) is 0 Å². The van der Waals surface area contributed by atoms with Crippen molar-refractivity contribution in [2.24, 2.45) is 0 Å². The molecule has 0 aliphatic heterocycles. The van der Waals surface area contributed by atoms with Crippen LogP contribution in [0.15, 0.2) is 30.6 Å². The summed E-state index contributed by atoms with van der Waals surface area (Å²) >= 11 is 0. The van der Waals surface area contributed by atoms with Crippen LogP contribution in [-0.4, -0.2) is 50.8 Å². The van der Waals surface area contributed by atoms with Crippen LogP contribution in [0.1, 0.15) is 24.2 Å². The molecule has 0 fully saturated rings. The number of urea groups is 1. The molecule has 0 spiro atoms. The molecular weight excluding hydrogens is 316 g/mol. The molecule has 0 saturated heterocycles. The van der Waals surface area contributed by atoms with E-state index in [2.05, 4.69) is 26.2 Å². The Morgan fingerprint density at radius 3 is 2.50 bits per heavy atom. The number of aromatic nitrogens is 4. The average Bonchev–Trinajstić information content (AvgIpc) is 3.06. The summed E-state index contributed by atoms with van der Waals surface area (Å²) in [6.07, 6.45) is 1.42. The molecule has 2 N–H and O–H groups in total. The van der Waals surface area contributed by atoms with Gasteiger partial charge in [-0.25, -0.2) is 14.3 Å². The molecule has 0 aliphatic carbocycles. The lowest BCUT2D eigenvalue weighted by Crippen LogP contribution is -2.44. The highest BCUT2D eigenvalue weighted by atomic mass is 16.5. The lowest BCUT2D eigenvalue weighted by atomic mass is 10.2. The first-order valence-electron chi connectivity index (χ1n) is 7.06. The number of carbonyl (C=O) groups is 3. The smallest absolute Gasteiger partial charge is 0.338 e. The molecule has 1 aromatic carbocycles. The van der Waals surface area contributed by atoms with E-state index in [4.69, 9.17) is 4.74 Å². The van der Waals surface area contributed by atoms with E-state index in [0.717, 1.165) is 0 Å². The monoisotopic (exact) mass is 332 g/mol. The van der Waals surface area contributed by atoms with E-state index in [-0.39, 0.29) is 11.6 Å². The number of hydrogen-bond acceptors (Lipinski definition) is 7. The Bertz CT molecular complexity index is 711. The number of carbonyl (C=O) groups excluding carboxylic acids is 3. The van der Waals surface area contributed by atoms with E-state index in [0.29, 0.717) is 5.69 Å². The lowest BCUT2D eigenvalue weighted by molar-refractivity contribution is -0.123. The van der Waals surface area contributed by atoms with Crippen molar-refractivity contribution >= 4 is 17.9 Å². The quantitative estimate of drug-likeness (QED) is 0.740. The third kappa shape index (κ3) is 4.87. The number of nitrogens with one attached hydrogen (secondary N) is 2. The van der Waals surface area contributed by atoms with Gasteiger partial charge in [0.2, 0.25) is 0 Å². The summed E-state index contributed by atoms with van der Waals surface area (Å²) in [6, 6.07) is 5.54. The van der Waals surface area contributed by atoms with Crippen LogP contribution in [0.2, 0.25) is 0 Å². The number of imide groups is 1. The Hall–Kier alpha value is -3.30. The molecule has 0 radical (unpaired) electrons. The molecule has 1 heterocycles. The van der Waals surface area contributed by atoms with E-state index in [1.165, 1.54) is 23.1 Å². The van der Waals surface area contributed by atoms with Crippen LogP contribution >= 0.6 is 0 Å². The second-order valence-electron chi connectivity index (χ2n) is 5.05. The van der Waals surface area contributed by atoms with Gasteiger partial charge in [-0.2, -0.15) is 0 Å². The van der Waals surface area contributed by atoms with Crippen molar-refractivity contribution in [1.82, 2.24) is 30.8 Å². The van der Waals surface area contributed by atoms with Crippen molar-refractivity contribution in [2.45, 2.75) is 19.9 Å². The Morgan fingerprint density at radius 2 is 1.92 bits per heavy atom. The third-order valence-corrected chi connectivity index (χ3v) is 2.72. The van der Waals surface area contributed by atoms with Gasteiger partial charge in [0.25, 0.3) is 5.91 Å². The number of amides is 3. The zero-order valence-electron chi connectivity index (χ0n) is 13.1. The fraction of sp³-hybridized carbons (Fsp3) is 0.286. The topological polar surface area (TPSA) is 128 Å². The Kier molecular flexibility index (Phi) is 5.55. The highest BCUT2D eigenvalue weighted by molar-refractivity contribution is 5.97. The fourth-order valence-electron chi connectivity index (χ4n) is 1.71. The number of benzene rings is 1. The predicted molar refractivity (Wildman–Crippen MR) is 81.2 cm³/mol. The van der Waals surface area contributed by atoms with E-state index in [1.54, 1.807) is 26.0 Å². The summed E-state index contributed by atoms with van der Waals surface area (Å²) in [5, 5.41) is 15.3. The molecule has 0 unspecified atom stereocenters. The number of nitrogens with zero attached hydrogens (tertiary/aromatic N) is 4. The minimum Gasteiger partial charge on any atom is -0.452 e. The number of ether oxygens (including phenoxy) is 1. The third-order valence-electron chi connectivity index (χ3n) is 2.72. The molecule has 0 atom stereocenters. The lowest BCUT2D eigenvalue weighted by Gasteiger charge is -2.09. The van der Waals surface area contributed by atoms with Crippen LogP contribution in [0.3, 0.4) is 0 Å². The molecule has 0 saturated carbocycles. The maximum atomic E-state index is 11.9. The highest BCUT2D eigenvalue weighted by Crippen LogP contribution is 2.08. The normalized spacial score (nSPS) is 10.3. The molecule has 1 aromatic heterocycles. The maximum Gasteiger partial charge on any atom is 0.338 e. The van der Waals surface area contributed by atoms with Crippen molar-refractivity contribution in [3.05, 3.63) is 36.2 Å². The Morgan fingerprint density at radius 1 is 1.21 bits per heavy atom. The number of esters is 1. The van der Waals surface area contributed by atoms with Gasteiger partial charge in [-0.3, -0.25) is 10.1 Å². The maximum absolute atomic E-state index is 11.9. The van der Waals surface area contributed by atoms with Crippen LogP contribution in [0.5, 0.6) is 0 Å². The Labute approximate surface area is 137 Å². The number of hydrogen-bond donors (Lipinski definition) is 2. The van der Waals surface area contributed by atoms with E-state index >= 15 is 0 Å². The van der Waals surface area contributed by atoms with E-state index in [9.17, 15) is 14.4 Å². The van der Waals surface area contributed by atoms with Crippen LogP contribution in [0.4, 0.5) is 4.79 Å². The highest BCUT2D eigenvalue weighted by Gasteiger charge is 2.13. The molecule has 10 heteroatoms. The van der Waals surface area contributed by atoms with Gasteiger partial charge in [-0.1, -0.05) is 0 Å². The van der Waals surface area contributed by atoms with Gasteiger partial charge in [0.1, 0.15) is 6.33 Å². The molecule has 3 amide bonds. The molecule has 2 rings (SSSR count). The van der Waals surface area contributed by atoms with Crippen molar-refractivity contribution < 1.29 is 19.1 Å². The first-order chi connectivity index (χ1) is 11.5. The van der Waals surface area contributed by atoms with Gasteiger partial charge in [-0.15, -0.1) is 5.10 Å². The molecule has 2 aromatic rings. The fourth-order valence-corrected chi connectivity index (χ4v) is 1.71. The molecule has 24 heavy (non-hydrogen) atoms. The van der Waals surface area contributed by atoms with Crippen LogP contribution in [0, 0.1) is 0 Å². The minimum absolute atomic E-state index is 0.112. The molecule has 0 bridgehead atoms. The minimum atomic E-state index is -0.716. The largest absolute Gasteiger partial charge is 0.452 e. The van der Waals surface area contributed by atoms with Crippen molar-refractivity contribution in [2.75, 3.05) is 6.61 Å². The van der Waals surface area contributed by atoms with E-state index in [1.807, 2.05) is 0 Å². The SMILES string of the molecule is CC(C)NC(=O)NC(=O)COC(=O)c1ccc(-n2cnnn2)cc1. The second-order valence-corrected chi connectivity index (χ2v) is 5.05. The van der Waals surface area contributed by atoms with Crippen LogP contribution in [0.25, 0.3) is 5.69 Å². The van der Waals surface area contributed by atoms with Crippen LogP contribution < -0.4 is 10.6 Å². The summed E-state index contributed by atoms with van der Waals surface area (Å²) in [6.45, 7) is 2.95. The number of tetrazole rings is 1. The summed E-state index contributed by atoms with van der Waals surface area (Å²) < 4.78 is 6.27. The first kappa shape index (κ1) is 17.1. The van der Waals surface area contributed by atoms with Crippen LogP contribution in [-0.2, 0) is 9.53 Å². The zero-order valence-corrected chi connectivity index (χ0v) is 13.1. The summed E-state index contributed by atoms with van der Waals surface area (Å²) in [5.41, 5.74) is 0.922. The summed E-state index contributed by atoms with van der Waals surface area (Å²) in [5.74, 6) is -1.40. The first-order valence-corrected chi connectivity index (χ1v) is 7.06. The van der Waals surface area contributed by atoms with Gasteiger partial charge in [0, 0.05) is 6.04 Å². The van der Waals surface area contributed by atoms with Gasteiger partial charge < -0.3 is 10.1 Å². The van der Waals surface area contributed by atoms with Gasteiger partial charge in [0.15, 0.2) is 6.61 Å². The molecular formula is C14H16N6O4. The molecule has 126 valence electrons. The van der Waals surface area contributed by atoms with Crippen molar-refractivity contribution in [3.8, 4) is 5.69 Å². The van der Waals surface area contributed by atoms with Gasteiger partial charge in [0.05, 0.1) is 11.3 Å². The number of rotatable bonds is 5. The summed E-state index contributed by atoms with van der Waals surface area (Å²) in [7, 11) is 0. The summed E-state index contributed by atoms with van der Waals surface area (Å²) in [4.78, 5) is 34.7. The average molecular weight is 332 g/mol. The zero-order chi connectivity index (χ0) is 17.5. The van der Waals surface area contributed by atoms with Gasteiger partial charge in [-0.05, 0) is 48.5 Å². The standard InChI is InChI=1S/C14H16N6O4/c1-9(2)16-14(23)17-12(21)7-24-13(22)10-3-5-11(6-4-10)20-8-15-18-19-20/h3-6,8-9H,7H2,1-2H3,(H2,16,17,21,23). The second kappa shape index (κ2) is 7.81. The van der Waals surface area contributed by atoms with Crippen molar-refractivity contribution in [1.29, 1.82) is 0 Å². The Balaban J connectivity index is 1.84. The van der Waals surface area contributed by atoms with E-state index < -0.39 is 24.5 Å². The van der Waals surface area contributed by atoms with Gasteiger partial charge >= 0.3 is 12.0 Å². The molecule has 10 nitrogen and oxygen atoms in total.